The quantitative estimate of drug-likeness (QED) is 0.660. The number of rotatable bonds is 2. The Morgan fingerprint density at radius 1 is 1.03 bits per heavy atom. The van der Waals surface area contributed by atoms with E-state index in [1.165, 1.54) is 4.90 Å². The molecule has 4 atom stereocenters. The van der Waals surface area contributed by atoms with Gasteiger partial charge in [-0.2, -0.15) is 0 Å². The van der Waals surface area contributed by atoms with E-state index in [1.807, 2.05) is 31.2 Å². The van der Waals surface area contributed by atoms with Gasteiger partial charge in [-0.1, -0.05) is 18.2 Å². The summed E-state index contributed by atoms with van der Waals surface area (Å²) >= 11 is 0. The third kappa shape index (κ3) is 2.08. The summed E-state index contributed by atoms with van der Waals surface area (Å²) in [7, 11) is 0. The number of amides is 3. The lowest BCUT2D eigenvalue weighted by atomic mass is 9.75. The molecule has 168 valence electrons. The molecule has 33 heavy (non-hydrogen) atoms. The molecular formula is C25H23N3O5. The van der Waals surface area contributed by atoms with E-state index in [0.717, 1.165) is 24.1 Å². The molecule has 0 aliphatic carbocycles. The van der Waals surface area contributed by atoms with Crippen LogP contribution in [0.2, 0.25) is 0 Å². The zero-order valence-electron chi connectivity index (χ0n) is 18.2. The van der Waals surface area contributed by atoms with Crippen molar-refractivity contribution in [2.75, 3.05) is 29.7 Å². The number of carbonyl (C=O) groups excluding carboxylic acids is 3. The number of hydrogen-bond acceptors (Lipinski definition) is 6. The van der Waals surface area contributed by atoms with Gasteiger partial charge in [0.2, 0.25) is 18.6 Å². The molecule has 5 aliphatic rings. The van der Waals surface area contributed by atoms with Gasteiger partial charge in [0.1, 0.15) is 5.54 Å². The van der Waals surface area contributed by atoms with Gasteiger partial charge in [0, 0.05) is 29.9 Å². The SMILES string of the molecule is CCN1C(=O)[C@@]2(c3ccccc31)[C@H]1C(=O)N(c3ccc4c(c3)OCO4)C(=O)[C@@H]1[C@H]1CCCN12. The molecule has 3 fully saturated rings. The largest absolute Gasteiger partial charge is 0.454 e. The molecule has 5 heterocycles. The highest BCUT2D eigenvalue weighted by atomic mass is 16.7. The van der Waals surface area contributed by atoms with Crippen molar-refractivity contribution >= 4 is 29.1 Å². The highest BCUT2D eigenvalue weighted by molar-refractivity contribution is 6.26. The first kappa shape index (κ1) is 19.1. The highest BCUT2D eigenvalue weighted by Gasteiger charge is 2.75. The first-order valence-corrected chi connectivity index (χ1v) is 11.5. The number of imide groups is 1. The Hall–Kier alpha value is -3.39. The second-order valence-corrected chi connectivity index (χ2v) is 9.29. The van der Waals surface area contributed by atoms with Gasteiger partial charge in [-0.25, -0.2) is 4.90 Å². The van der Waals surface area contributed by atoms with E-state index in [0.29, 0.717) is 30.3 Å². The van der Waals surface area contributed by atoms with Crippen LogP contribution in [0.25, 0.3) is 0 Å². The minimum Gasteiger partial charge on any atom is -0.454 e. The number of ether oxygens (including phenoxy) is 2. The lowest BCUT2D eigenvalue weighted by Crippen LogP contribution is -2.56. The maximum Gasteiger partial charge on any atom is 0.253 e. The number of benzene rings is 2. The number of likely N-dealkylation sites (N-methyl/N-ethyl adjacent to an activating group) is 1. The first-order chi connectivity index (χ1) is 16.1. The third-order valence-corrected chi connectivity index (χ3v) is 8.08. The molecular weight excluding hydrogens is 422 g/mol. The van der Waals surface area contributed by atoms with Gasteiger partial charge < -0.3 is 14.4 Å². The van der Waals surface area contributed by atoms with Crippen molar-refractivity contribution in [3.63, 3.8) is 0 Å². The van der Waals surface area contributed by atoms with E-state index >= 15 is 0 Å². The van der Waals surface area contributed by atoms with Crippen molar-refractivity contribution in [2.45, 2.75) is 31.3 Å². The van der Waals surface area contributed by atoms with Gasteiger partial charge in [-0.05, 0) is 44.5 Å². The summed E-state index contributed by atoms with van der Waals surface area (Å²) in [6.45, 7) is 3.29. The van der Waals surface area contributed by atoms with E-state index < -0.39 is 17.4 Å². The average Bonchev–Trinajstić information content (AvgIpc) is 3.60. The molecule has 2 aromatic rings. The fraction of sp³-hybridized carbons (Fsp3) is 0.400. The molecule has 3 amide bonds. The number of para-hydroxylation sites is 1. The molecule has 0 radical (unpaired) electrons. The van der Waals surface area contributed by atoms with E-state index in [1.54, 1.807) is 23.1 Å². The minimum absolute atomic E-state index is 0.0840. The summed E-state index contributed by atoms with van der Waals surface area (Å²) in [5.74, 6) is -0.793. The molecule has 0 aromatic heterocycles. The van der Waals surface area contributed by atoms with Crippen molar-refractivity contribution < 1.29 is 23.9 Å². The van der Waals surface area contributed by atoms with Crippen LogP contribution in [0.4, 0.5) is 11.4 Å². The summed E-state index contributed by atoms with van der Waals surface area (Å²) < 4.78 is 10.9. The molecule has 0 N–H and O–H groups in total. The number of hydrogen-bond donors (Lipinski definition) is 0. The van der Waals surface area contributed by atoms with Gasteiger partial charge in [0.05, 0.1) is 17.5 Å². The third-order valence-electron chi connectivity index (χ3n) is 8.08. The van der Waals surface area contributed by atoms with Crippen molar-refractivity contribution in [1.29, 1.82) is 0 Å². The number of fused-ring (bicyclic) bond motifs is 8. The van der Waals surface area contributed by atoms with Crippen molar-refractivity contribution in [3.05, 3.63) is 48.0 Å². The molecule has 2 aromatic carbocycles. The van der Waals surface area contributed by atoms with Crippen LogP contribution in [0.15, 0.2) is 42.5 Å². The smallest absolute Gasteiger partial charge is 0.253 e. The van der Waals surface area contributed by atoms with Crippen LogP contribution >= 0.6 is 0 Å². The summed E-state index contributed by atoms with van der Waals surface area (Å²) in [6.07, 6.45) is 1.71. The summed E-state index contributed by atoms with van der Waals surface area (Å²) in [5.41, 5.74) is 1.04. The van der Waals surface area contributed by atoms with E-state index in [4.69, 9.17) is 9.47 Å². The van der Waals surface area contributed by atoms with Crippen LogP contribution < -0.4 is 19.3 Å². The first-order valence-electron chi connectivity index (χ1n) is 11.5. The van der Waals surface area contributed by atoms with E-state index in [2.05, 4.69) is 4.90 Å². The molecule has 0 bridgehead atoms. The predicted octanol–water partition coefficient (Wildman–Crippen LogP) is 2.26. The van der Waals surface area contributed by atoms with Gasteiger partial charge >= 0.3 is 0 Å². The molecule has 8 heteroatoms. The Bertz CT molecular complexity index is 1240. The van der Waals surface area contributed by atoms with Crippen LogP contribution in [0.1, 0.15) is 25.3 Å². The zero-order valence-corrected chi connectivity index (χ0v) is 18.2. The standard InChI is InChI=1S/C25H23N3O5/c1-2-26-16-7-4-3-6-15(16)25(24(26)31)21-20(17-8-5-11-27(17)25)22(29)28(23(21)30)14-9-10-18-19(12-14)33-13-32-18/h3-4,6-7,9-10,12,17,20-21H,2,5,8,11,13H2,1H3/t17-,20-,21-,25-/m1/s1. The molecule has 1 spiro atoms. The summed E-state index contributed by atoms with van der Waals surface area (Å²) in [6, 6.07) is 12.7. The molecule has 8 nitrogen and oxygen atoms in total. The molecule has 0 unspecified atom stereocenters. The predicted molar refractivity (Wildman–Crippen MR) is 118 cm³/mol. The second kappa shape index (κ2) is 6.35. The number of nitrogens with zero attached hydrogens (tertiary/aromatic N) is 3. The normalized spacial score (nSPS) is 31.7. The molecule has 5 aliphatic heterocycles. The van der Waals surface area contributed by atoms with Crippen LogP contribution in [0.5, 0.6) is 11.5 Å². The van der Waals surface area contributed by atoms with Gasteiger partial charge in [0.15, 0.2) is 11.5 Å². The highest BCUT2D eigenvalue weighted by Crippen LogP contribution is 2.62. The molecule has 0 saturated carbocycles. The Kier molecular flexibility index (Phi) is 3.68. The topological polar surface area (TPSA) is 79.4 Å². The van der Waals surface area contributed by atoms with E-state index in [-0.39, 0.29) is 30.6 Å². The van der Waals surface area contributed by atoms with Crippen LogP contribution in [-0.2, 0) is 19.9 Å². The summed E-state index contributed by atoms with van der Waals surface area (Å²) in [5, 5.41) is 0. The zero-order chi connectivity index (χ0) is 22.5. The second-order valence-electron chi connectivity index (χ2n) is 9.29. The maximum absolute atomic E-state index is 14.1. The van der Waals surface area contributed by atoms with Crippen LogP contribution in [-0.4, -0.2) is 48.5 Å². The summed E-state index contributed by atoms with van der Waals surface area (Å²) in [4.78, 5) is 47.2. The fourth-order valence-corrected chi connectivity index (χ4v) is 6.93. The van der Waals surface area contributed by atoms with E-state index in [9.17, 15) is 14.4 Å². The maximum atomic E-state index is 14.1. The lowest BCUT2D eigenvalue weighted by Gasteiger charge is -2.37. The molecule has 3 saturated heterocycles. The van der Waals surface area contributed by atoms with Crippen molar-refractivity contribution in [3.8, 4) is 11.5 Å². The van der Waals surface area contributed by atoms with Crippen LogP contribution in [0.3, 0.4) is 0 Å². The monoisotopic (exact) mass is 445 g/mol. The van der Waals surface area contributed by atoms with Gasteiger partial charge in [-0.15, -0.1) is 0 Å². The Labute approximate surface area is 190 Å². The van der Waals surface area contributed by atoms with Crippen molar-refractivity contribution in [2.24, 2.45) is 11.8 Å². The lowest BCUT2D eigenvalue weighted by molar-refractivity contribution is -0.137. The Morgan fingerprint density at radius 2 is 1.85 bits per heavy atom. The Morgan fingerprint density at radius 3 is 2.70 bits per heavy atom. The van der Waals surface area contributed by atoms with Gasteiger partial charge in [0.25, 0.3) is 5.91 Å². The number of carbonyl (C=O) groups is 3. The minimum atomic E-state index is -1.13. The Balaban J connectivity index is 1.41. The van der Waals surface area contributed by atoms with Crippen LogP contribution in [0, 0.1) is 11.8 Å². The average molecular weight is 445 g/mol. The number of anilines is 2. The van der Waals surface area contributed by atoms with Crippen molar-refractivity contribution in [1.82, 2.24) is 4.90 Å². The molecule has 7 rings (SSSR count). The fourth-order valence-electron chi connectivity index (χ4n) is 6.93. The van der Waals surface area contributed by atoms with Gasteiger partial charge in [-0.3, -0.25) is 19.3 Å².